The molecule has 0 bridgehead atoms. The van der Waals surface area contributed by atoms with Crippen LogP contribution < -0.4 is 0 Å². The van der Waals surface area contributed by atoms with Crippen molar-refractivity contribution in [3.8, 4) is 0 Å². The number of ether oxygens (including phenoxy) is 1. The van der Waals surface area contributed by atoms with E-state index in [1.165, 1.54) is 5.57 Å². The van der Waals surface area contributed by atoms with E-state index in [4.69, 9.17) is 4.74 Å². The maximum absolute atomic E-state index is 5.46. The van der Waals surface area contributed by atoms with Crippen LogP contribution in [0.1, 0.15) is 41.5 Å². The van der Waals surface area contributed by atoms with E-state index < -0.39 is 0 Å². The van der Waals surface area contributed by atoms with Gasteiger partial charge in [0.15, 0.2) is 0 Å². The summed E-state index contributed by atoms with van der Waals surface area (Å²) in [5.41, 5.74) is 2.02. The molecule has 0 spiro atoms. The van der Waals surface area contributed by atoms with Crippen molar-refractivity contribution in [3.63, 3.8) is 0 Å². The van der Waals surface area contributed by atoms with Crippen LogP contribution in [0.3, 0.4) is 0 Å². The molecule has 0 aromatic rings. The van der Waals surface area contributed by atoms with E-state index in [1.54, 1.807) is 0 Å². The van der Waals surface area contributed by atoms with Crippen LogP contribution in [0.2, 0.25) is 0 Å². The summed E-state index contributed by atoms with van der Waals surface area (Å²) in [7, 11) is 0. The molecule has 76 valence electrons. The van der Waals surface area contributed by atoms with Crippen LogP contribution in [-0.2, 0) is 4.74 Å². The predicted octanol–water partition coefficient (Wildman–Crippen LogP) is 3.61. The van der Waals surface area contributed by atoms with Crippen LogP contribution in [0.25, 0.3) is 0 Å². The molecule has 1 rings (SSSR count). The molecule has 0 fully saturated rings. The number of rotatable bonds is 0. The van der Waals surface area contributed by atoms with Gasteiger partial charge in [-0.25, -0.2) is 0 Å². The van der Waals surface area contributed by atoms with Gasteiger partial charge in [-0.05, 0) is 16.4 Å². The Morgan fingerprint density at radius 1 is 1.15 bits per heavy atom. The van der Waals surface area contributed by atoms with Crippen molar-refractivity contribution < 1.29 is 4.74 Å². The summed E-state index contributed by atoms with van der Waals surface area (Å²) in [6.45, 7) is 14.5. The fourth-order valence-electron chi connectivity index (χ4n) is 1.82. The standard InChI is InChI=1S/C12H22O/c1-11(2,3)9-7-13-8-10(9)12(4,5)6/h7,10H,8H2,1-6H3. The minimum absolute atomic E-state index is 0.244. The van der Waals surface area contributed by atoms with Gasteiger partial charge in [-0.1, -0.05) is 41.5 Å². The molecule has 0 amide bonds. The summed E-state index contributed by atoms with van der Waals surface area (Å²) in [5.74, 6) is 0.576. The monoisotopic (exact) mass is 182 g/mol. The summed E-state index contributed by atoms with van der Waals surface area (Å²) in [5, 5.41) is 0. The van der Waals surface area contributed by atoms with E-state index in [0.717, 1.165) is 6.61 Å². The lowest BCUT2D eigenvalue weighted by atomic mass is 9.70. The molecule has 1 nitrogen and oxygen atoms in total. The molecule has 0 radical (unpaired) electrons. The van der Waals surface area contributed by atoms with Crippen molar-refractivity contribution in [2.75, 3.05) is 6.61 Å². The first-order chi connectivity index (χ1) is 5.73. The smallest absolute Gasteiger partial charge is 0.0945 e. The van der Waals surface area contributed by atoms with Crippen molar-refractivity contribution in [2.24, 2.45) is 16.7 Å². The fourth-order valence-corrected chi connectivity index (χ4v) is 1.82. The molecule has 0 aliphatic carbocycles. The Hall–Kier alpha value is -0.460. The molecule has 1 atom stereocenters. The summed E-state index contributed by atoms with van der Waals surface area (Å²) in [6, 6.07) is 0. The van der Waals surface area contributed by atoms with Crippen LogP contribution in [0, 0.1) is 16.7 Å². The van der Waals surface area contributed by atoms with Gasteiger partial charge in [-0.3, -0.25) is 0 Å². The molecule has 0 saturated heterocycles. The van der Waals surface area contributed by atoms with Gasteiger partial charge in [0.1, 0.15) is 0 Å². The summed E-state index contributed by atoms with van der Waals surface area (Å²) >= 11 is 0. The Balaban J connectivity index is 2.87. The van der Waals surface area contributed by atoms with E-state index in [-0.39, 0.29) is 5.41 Å². The van der Waals surface area contributed by atoms with Crippen LogP contribution in [0.5, 0.6) is 0 Å². The molecule has 0 aromatic heterocycles. The molecule has 13 heavy (non-hydrogen) atoms. The highest BCUT2D eigenvalue weighted by Crippen LogP contribution is 2.43. The van der Waals surface area contributed by atoms with Crippen LogP contribution >= 0.6 is 0 Å². The minimum atomic E-state index is 0.244. The highest BCUT2D eigenvalue weighted by atomic mass is 16.5. The van der Waals surface area contributed by atoms with E-state index in [0.29, 0.717) is 11.3 Å². The average Bonchev–Trinajstić information content (AvgIpc) is 2.27. The van der Waals surface area contributed by atoms with Gasteiger partial charge in [-0.15, -0.1) is 0 Å². The Bertz CT molecular complexity index is 212. The van der Waals surface area contributed by atoms with Gasteiger partial charge >= 0.3 is 0 Å². The number of hydrogen-bond acceptors (Lipinski definition) is 1. The Morgan fingerprint density at radius 2 is 1.69 bits per heavy atom. The van der Waals surface area contributed by atoms with Crippen molar-refractivity contribution in [1.82, 2.24) is 0 Å². The first-order valence-electron chi connectivity index (χ1n) is 5.05. The third-order valence-electron chi connectivity index (χ3n) is 2.76. The normalized spacial score (nSPS) is 24.2. The minimum Gasteiger partial charge on any atom is -0.501 e. The second-order valence-electron chi connectivity index (χ2n) is 6.08. The first kappa shape index (κ1) is 10.6. The van der Waals surface area contributed by atoms with Crippen molar-refractivity contribution >= 4 is 0 Å². The van der Waals surface area contributed by atoms with E-state index in [9.17, 15) is 0 Å². The summed E-state index contributed by atoms with van der Waals surface area (Å²) < 4.78 is 5.46. The SMILES string of the molecule is CC(C)(C)C1=COCC1C(C)(C)C. The predicted molar refractivity (Wildman–Crippen MR) is 56.4 cm³/mol. The van der Waals surface area contributed by atoms with Gasteiger partial charge in [-0.2, -0.15) is 0 Å². The summed E-state index contributed by atoms with van der Waals surface area (Å²) in [6.07, 6.45) is 1.97. The van der Waals surface area contributed by atoms with Crippen molar-refractivity contribution in [1.29, 1.82) is 0 Å². The maximum atomic E-state index is 5.46. The van der Waals surface area contributed by atoms with Gasteiger partial charge in [0.25, 0.3) is 0 Å². The van der Waals surface area contributed by atoms with E-state index in [2.05, 4.69) is 41.5 Å². The second-order valence-corrected chi connectivity index (χ2v) is 6.08. The van der Waals surface area contributed by atoms with Gasteiger partial charge < -0.3 is 4.74 Å². The Labute approximate surface area is 82.2 Å². The zero-order valence-electron chi connectivity index (χ0n) is 9.77. The summed E-state index contributed by atoms with van der Waals surface area (Å²) in [4.78, 5) is 0. The van der Waals surface area contributed by atoms with Crippen LogP contribution in [-0.4, -0.2) is 6.61 Å². The Kier molecular flexibility index (Phi) is 2.48. The molecule has 0 saturated carbocycles. The zero-order valence-corrected chi connectivity index (χ0v) is 9.77. The third kappa shape index (κ3) is 2.26. The fraction of sp³-hybridized carbons (Fsp3) is 0.833. The maximum Gasteiger partial charge on any atom is 0.0945 e. The Morgan fingerprint density at radius 3 is 2.00 bits per heavy atom. The molecule has 1 aliphatic rings. The molecule has 1 unspecified atom stereocenters. The molecular formula is C12H22O. The number of hydrogen-bond donors (Lipinski definition) is 0. The lowest BCUT2D eigenvalue weighted by molar-refractivity contribution is 0.169. The van der Waals surface area contributed by atoms with E-state index in [1.807, 2.05) is 6.26 Å². The van der Waals surface area contributed by atoms with Crippen LogP contribution in [0.4, 0.5) is 0 Å². The second kappa shape index (κ2) is 3.04. The lowest BCUT2D eigenvalue weighted by Gasteiger charge is -2.33. The highest BCUT2D eigenvalue weighted by Gasteiger charge is 2.37. The van der Waals surface area contributed by atoms with Crippen molar-refractivity contribution in [2.45, 2.75) is 41.5 Å². The zero-order chi connectivity index (χ0) is 10.3. The van der Waals surface area contributed by atoms with Gasteiger partial charge in [0, 0.05) is 5.92 Å². The quantitative estimate of drug-likeness (QED) is 0.556. The molecule has 1 aliphatic heterocycles. The molecular weight excluding hydrogens is 160 g/mol. The van der Waals surface area contributed by atoms with Crippen LogP contribution in [0.15, 0.2) is 11.8 Å². The van der Waals surface area contributed by atoms with Crippen molar-refractivity contribution in [3.05, 3.63) is 11.8 Å². The third-order valence-corrected chi connectivity index (χ3v) is 2.76. The average molecular weight is 182 g/mol. The first-order valence-corrected chi connectivity index (χ1v) is 5.05. The molecule has 1 heteroatoms. The topological polar surface area (TPSA) is 9.23 Å². The lowest BCUT2D eigenvalue weighted by Crippen LogP contribution is -2.28. The van der Waals surface area contributed by atoms with E-state index >= 15 is 0 Å². The highest BCUT2D eigenvalue weighted by molar-refractivity contribution is 5.18. The van der Waals surface area contributed by atoms with Gasteiger partial charge in [0.2, 0.25) is 0 Å². The molecule has 1 heterocycles. The van der Waals surface area contributed by atoms with Gasteiger partial charge in [0.05, 0.1) is 12.9 Å². The largest absolute Gasteiger partial charge is 0.501 e. The molecule has 0 N–H and O–H groups in total. The molecule has 0 aromatic carbocycles.